The third kappa shape index (κ3) is 3.46. The fourth-order valence-corrected chi connectivity index (χ4v) is 3.48. The molecule has 0 aliphatic carbocycles. The van der Waals surface area contributed by atoms with Crippen molar-refractivity contribution in [1.82, 2.24) is 4.90 Å². The zero-order chi connectivity index (χ0) is 13.0. The molecular weight excluding hydrogens is 247 g/mol. The van der Waals surface area contributed by atoms with E-state index in [0.29, 0.717) is 0 Å². The molecule has 1 aromatic carbocycles. The van der Waals surface area contributed by atoms with Gasteiger partial charge in [-0.05, 0) is 43.3 Å². The summed E-state index contributed by atoms with van der Waals surface area (Å²) in [6.45, 7) is 4.09. The Bertz CT molecular complexity index is 376. The molecule has 1 aromatic rings. The molecule has 1 saturated heterocycles. The van der Waals surface area contributed by atoms with E-state index in [4.69, 9.17) is 5.73 Å². The number of nitrogens with zero attached hydrogens (tertiary/aromatic N) is 1. The second kappa shape index (κ2) is 6.55. The molecule has 18 heavy (non-hydrogen) atoms. The molecule has 1 fully saturated rings. The van der Waals surface area contributed by atoms with E-state index >= 15 is 0 Å². The Kier molecular flexibility index (Phi) is 5.03. The van der Waals surface area contributed by atoms with Crippen LogP contribution in [0.15, 0.2) is 24.3 Å². The Morgan fingerprint density at radius 2 is 2.17 bits per heavy atom. The molecule has 2 rings (SSSR count). The minimum Gasteiger partial charge on any atom is -0.326 e. The van der Waals surface area contributed by atoms with Crippen molar-refractivity contribution < 1.29 is 4.39 Å². The molecular formula is C14H21FN2S. The number of thioether (sulfide) groups is 1. The first-order valence-corrected chi connectivity index (χ1v) is 7.67. The molecule has 0 spiro atoms. The molecule has 2 N–H and O–H groups in total. The number of halogens is 1. The van der Waals surface area contributed by atoms with Crippen LogP contribution >= 0.6 is 11.8 Å². The molecule has 1 heterocycles. The van der Waals surface area contributed by atoms with Gasteiger partial charge >= 0.3 is 0 Å². The minimum absolute atomic E-state index is 0.00917. The van der Waals surface area contributed by atoms with Crippen LogP contribution in [0.25, 0.3) is 0 Å². The molecule has 4 heteroatoms. The van der Waals surface area contributed by atoms with Crippen LogP contribution in [0.1, 0.15) is 24.9 Å². The van der Waals surface area contributed by atoms with Gasteiger partial charge in [-0.3, -0.25) is 4.90 Å². The topological polar surface area (TPSA) is 29.3 Å². The van der Waals surface area contributed by atoms with Gasteiger partial charge in [0.1, 0.15) is 5.82 Å². The van der Waals surface area contributed by atoms with Crippen molar-refractivity contribution in [2.75, 3.05) is 24.6 Å². The number of hydrogen-bond donors (Lipinski definition) is 1. The van der Waals surface area contributed by atoms with E-state index in [0.717, 1.165) is 24.4 Å². The van der Waals surface area contributed by atoms with Crippen molar-refractivity contribution in [2.24, 2.45) is 5.73 Å². The van der Waals surface area contributed by atoms with Gasteiger partial charge < -0.3 is 5.73 Å². The normalized spacial score (nSPS) is 21.3. The average Bonchev–Trinajstić information content (AvgIpc) is 2.58. The predicted molar refractivity (Wildman–Crippen MR) is 76.3 cm³/mol. The molecule has 1 aliphatic heterocycles. The minimum atomic E-state index is -0.178. The van der Waals surface area contributed by atoms with Crippen LogP contribution in [-0.4, -0.2) is 35.5 Å². The van der Waals surface area contributed by atoms with E-state index in [1.165, 1.54) is 18.2 Å². The summed E-state index contributed by atoms with van der Waals surface area (Å²) in [5, 5.41) is 0. The molecule has 0 bridgehead atoms. The van der Waals surface area contributed by atoms with Gasteiger partial charge in [-0.25, -0.2) is 4.39 Å². The first kappa shape index (κ1) is 13.8. The van der Waals surface area contributed by atoms with Gasteiger partial charge in [0.2, 0.25) is 0 Å². The maximum atomic E-state index is 13.4. The van der Waals surface area contributed by atoms with E-state index in [2.05, 4.69) is 4.90 Å². The molecule has 2 unspecified atom stereocenters. The summed E-state index contributed by atoms with van der Waals surface area (Å²) in [5.74, 6) is 2.17. The Morgan fingerprint density at radius 1 is 1.33 bits per heavy atom. The molecule has 100 valence electrons. The summed E-state index contributed by atoms with van der Waals surface area (Å²) in [6.07, 6.45) is 1.18. The maximum Gasteiger partial charge on any atom is 0.123 e. The van der Waals surface area contributed by atoms with E-state index < -0.39 is 0 Å². The van der Waals surface area contributed by atoms with E-state index in [1.54, 1.807) is 12.1 Å². The summed E-state index contributed by atoms with van der Waals surface area (Å²) in [7, 11) is 0. The third-order valence-electron chi connectivity index (χ3n) is 3.34. The van der Waals surface area contributed by atoms with Crippen molar-refractivity contribution in [3.05, 3.63) is 35.6 Å². The Balaban J connectivity index is 2.21. The van der Waals surface area contributed by atoms with E-state index in [-0.39, 0.29) is 17.9 Å². The highest BCUT2D eigenvalue weighted by molar-refractivity contribution is 7.99. The molecule has 0 aromatic heterocycles. The Labute approximate surface area is 113 Å². The number of hydrogen-bond acceptors (Lipinski definition) is 3. The van der Waals surface area contributed by atoms with E-state index in [9.17, 15) is 4.39 Å². The molecule has 0 amide bonds. The van der Waals surface area contributed by atoms with Gasteiger partial charge in [-0.2, -0.15) is 11.8 Å². The lowest BCUT2D eigenvalue weighted by molar-refractivity contribution is 0.190. The Morgan fingerprint density at radius 3 is 2.89 bits per heavy atom. The van der Waals surface area contributed by atoms with Gasteiger partial charge in [0.15, 0.2) is 0 Å². The molecule has 2 nitrogen and oxygen atoms in total. The highest BCUT2D eigenvalue weighted by Crippen LogP contribution is 2.26. The zero-order valence-corrected chi connectivity index (χ0v) is 11.6. The van der Waals surface area contributed by atoms with Crippen molar-refractivity contribution in [2.45, 2.75) is 25.4 Å². The van der Waals surface area contributed by atoms with Crippen molar-refractivity contribution in [1.29, 1.82) is 0 Å². The van der Waals surface area contributed by atoms with Crippen LogP contribution in [0.3, 0.4) is 0 Å². The molecule has 1 aliphatic rings. The van der Waals surface area contributed by atoms with Crippen LogP contribution in [-0.2, 0) is 0 Å². The first-order valence-electron chi connectivity index (χ1n) is 6.51. The summed E-state index contributed by atoms with van der Waals surface area (Å²) < 4.78 is 13.4. The van der Waals surface area contributed by atoms with E-state index in [1.807, 2.05) is 24.8 Å². The number of rotatable bonds is 3. The predicted octanol–water partition coefficient (Wildman–Crippen LogP) is 2.65. The number of nitrogens with two attached hydrogens (primary N) is 1. The van der Waals surface area contributed by atoms with Crippen LogP contribution in [0.4, 0.5) is 4.39 Å². The second-order valence-electron chi connectivity index (χ2n) is 4.86. The highest BCUT2D eigenvalue weighted by Gasteiger charge is 2.24. The van der Waals surface area contributed by atoms with Crippen molar-refractivity contribution >= 4 is 11.8 Å². The molecule has 0 radical (unpaired) electrons. The van der Waals surface area contributed by atoms with Crippen LogP contribution in [0.2, 0.25) is 0 Å². The largest absolute Gasteiger partial charge is 0.326 e. The summed E-state index contributed by atoms with van der Waals surface area (Å²) in [6, 6.07) is 6.99. The Hall–Kier alpha value is -0.580. The highest BCUT2D eigenvalue weighted by atomic mass is 32.2. The zero-order valence-electron chi connectivity index (χ0n) is 10.8. The van der Waals surface area contributed by atoms with Crippen molar-refractivity contribution in [3.8, 4) is 0 Å². The SMILES string of the molecule is CC(N)C(c1cccc(F)c1)N1CCCSCC1. The van der Waals surface area contributed by atoms with Gasteiger partial charge in [-0.1, -0.05) is 12.1 Å². The van der Waals surface area contributed by atoms with Crippen LogP contribution in [0.5, 0.6) is 0 Å². The first-order chi connectivity index (χ1) is 8.68. The third-order valence-corrected chi connectivity index (χ3v) is 4.39. The summed E-state index contributed by atoms with van der Waals surface area (Å²) in [5.41, 5.74) is 7.13. The lowest BCUT2D eigenvalue weighted by Crippen LogP contribution is -2.40. The number of benzene rings is 1. The fourth-order valence-electron chi connectivity index (χ4n) is 2.58. The van der Waals surface area contributed by atoms with Crippen LogP contribution in [0, 0.1) is 5.82 Å². The maximum absolute atomic E-state index is 13.4. The van der Waals surface area contributed by atoms with Crippen LogP contribution < -0.4 is 5.73 Å². The summed E-state index contributed by atoms with van der Waals surface area (Å²) >= 11 is 1.99. The quantitative estimate of drug-likeness (QED) is 0.914. The second-order valence-corrected chi connectivity index (χ2v) is 6.09. The molecule has 2 atom stereocenters. The van der Waals surface area contributed by atoms with Gasteiger partial charge in [0.25, 0.3) is 0 Å². The molecule has 0 saturated carbocycles. The smallest absolute Gasteiger partial charge is 0.123 e. The fraction of sp³-hybridized carbons (Fsp3) is 0.571. The van der Waals surface area contributed by atoms with Gasteiger partial charge in [-0.15, -0.1) is 0 Å². The lowest BCUT2D eigenvalue weighted by atomic mass is 9.99. The summed E-state index contributed by atoms with van der Waals surface area (Å²) in [4.78, 5) is 2.40. The van der Waals surface area contributed by atoms with Crippen molar-refractivity contribution in [3.63, 3.8) is 0 Å². The lowest BCUT2D eigenvalue weighted by Gasteiger charge is -2.33. The monoisotopic (exact) mass is 268 g/mol. The van der Waals surface area contributed by atoms with Gasteiger partial charge in [0.05, 0.1) is 0 Å². The van der Waals surface area contributed by atoms with Gasteiger partial charge in [0, 0.05) is 24.4 Å². The average molecular weight is 268 g/mol. The standard InChI is InChI=1S/C14H21FN2S/c1-11(16)14(12-4-2-5-13(15)10-12)17-6-3-8-18-9-7-17/h2,4-5,10-11,14H,3,6-9,16H2,1H3.